The second-order valence-corrected chi connectivity index (χ2v) is 5.13. The molecule has 2 aromatic carbocycles. The maximum Gasteiger partial charge on any atom is 0.139 e. The number of hydrogen-bond acceptors (Lipinski definition) is 5. The zero-order chi connectivity index (χ0) is 15.6. The summed E-state index contributed by atoms with van der Waals surface area (Å²) in [6.07, 6.45) is 1.87. The van der Waals surface area contributed by atoms with Crippen LogP contribution in [0.1, 0.15) is 5.56 Å². The molecule has 23 heavy (non-hydrogen) atoms. The van der Waals surface area contributed by atoms with Crippen molar-refractivity contribution in [2.24, 2.45) is 0 Å². The molecule has 0 saturated carbocycles. The summed E-state index contributed by atoms with van der Waals surface area (Å²) in [5.74, 6) is 0.426. The number of ether oxygens (including phenoxy) is 1. The maximum atomic E-state index is 13.3. The van der Waals surface area contributed by atoms with Crippen LogP contribution in [-0.4, -0.2) is 22.0 Å². The predicted octanol–water partition coefficient (Wildman–Crippen LogP) is 2.97. The molecule has 4 rings (SSSR count). The van der Waals surface area contributed by atoms with Gasteiger partial charge in [0.1, 0.15) is 29.3 Å². The summed E-state index contributed by atoms with van der Waals surface area (Å²) in [5.41, 5.74) is 3.23. The van der Waals surface area contributed by atoms with Crippen LogP contribution in [0.15, 0.2) is 47.2 Å². The highest BCUT2D eigenvalue weighted by molar-refractivity contribution is 5.83. The summed E-state index contributed by atoms with van der Waals surface area (Å²) in [6, 6.07) is 10.0. The summed E-state index contributed by atoms with van der Waals surface area (Å²) >= 11 is 0. The van der Waals surface area contributed by atoms with Gasteiger partial charge < -0.3 is 9.72 Å². The van der Waals surface area contributed by atoms with Gasteiger partial charge in [-0.3, -0.25) is 5.32 Å². The lowest BCUT2D eigenvalue weighted by molar-refractivity contribution is 0.282. The van der Waals surface area contributed by atoms with Gasteiger partial charge in [0, 0.05) is 29.7 Å². The van der Waals surface area contributed by atoms with Gasteiger partial charge in [-0.2, -0.15) is 0 Å². The van der Waals surface area contributed by atoms with E-state index in [2.05, 4.69) is 25.2 Å². The molecule has 0 radical (unpaired) electrons. The first kappa shape index (κ1) is 13.7. The molecular formula is C16H13FN4O2. The van der Waals surface area contributed by atoms with Crippen LogP contribution in [0.4, 0.5) is 4.39 Å². The fourth-order valence-electron chi connectivity index (χ4n) is 2.47. The minimum Gasteiger partial charge on any atom is -0.478 e. The Hall–Kier alpha value is -2.93. The highest BCUT2D eigenvalue weighted by atomic mass is 19.1. The van der Waals surface area contributed by atoms with E-state index in [1.54, 1.807) is 24.3 Å². The molecule has 2 N–H and O–H groups in total. The summed E-state index contributed by atoms with van der Waals surface area (Å²) in [4.78, 5) is 3.12. The standard InChI is InChI=1S/C16H13FN4O2/c17-11-1-3-14-13(5-11)10(8-19-14)7-18-9-22-12-2-4-15-16(6-12)21-23-20-15/h1-6,8,18-19H,7,9H2. The number of aromatic amines is 1. The fourth-order valence-corrected chi connectivity index (χ4v) is 2.47. The number of benzene rings is 2. The van der Waals surface area contributed by atoms with E-state index in [0.717, 1.165) is 16.5 Å². The van der Waals surface area contributed by atoms with Crippen molar-refractivity contribution in [2.45, 2.75) is 6.54 Å². The predicted molar refractivity (Wildman–Crippen MR) is 82.4 cm³/mol. The highest BCUT2D eigenvalue weighted by Gasteiger charge is 2.05. The lowest BCUT2D eigenvalue weighted by Crippen LogP contribution is -2.19. The first-order valence-corrected chi connectivity index (χ1v) is 7.11. The number of nitrogens with one attached hydrogen (secondary N) is 2. The Bertz CT molecular complexity index is 963. The normalized spacial score (nSPS) is 11.3. The van der Waals surface area contributed by atoms with Crippen LogP contribution in [0.25, 0.3) is 21.9 Å². The Morgan fingerprint density at radius 1 is 1.13 bits per heavy atom. The van der Waals surface area contributed by atoms with E-state index in [0.29, 0.717) is 30.1 Å². The topological polar surface area (TPSA) is 76.0 Å². The zero-order valence-electron chi connectivity index (χ0n) is 12.0. The molecule has 0 atom stereocenters. The van der Waals surface area contributed by atoms with Crippen molar-refractivity contribution in [3.8, 4) is 5.75 Å². The Kier molecular flexibility index (Phi) is 3.39. The van der Waals surface area contributed by atoms with Crippen molar-refractivity contribution >= 4 is 21.9 Å². The molecule has 0 saturated heterocycles. The van der Waals surface area contributed by atoms with Gasteiger partial charge in [-0.05, 0) is 46.2 Å². The van der Waals surface area contributed by atoms with Crippen molar-refractivity contribution < 1.29 is 13.8 Å². The van der Waals surface area contributed by atoms with Gasteiger partial charge in [0.05, 0.1) is 0 Å². The lowest BCUT2D eigenvalue weighted by atomic mass is 10.2. The van der Waals surface area contributed by atoms with Gasteiger partial charge in [-0.15, -0.1) is 0 Å². The van der Waals surface area contributed by atoms with Crippen molar-refractivity contribution in [2.75, 3.05) is 6.73 Å². The Labute approximate surface area is 130 Å². The van der Waals surface area contributed by atoms with Gasteiger partial charge in [-0.25, -0.2) is 9.02 Å². The van der Waals surface area contributed by atoms with Crippen molar-refractivity contribution in [3.63, 3.8) is 0 Å². The van der Waals surface area contributed by atoms with E-state index in [1.807, 2.05) is 6.20 Å². The number of hydrogen-bond donors (Lipinski definition) is 2. The van der Waals surface area contributed by atoms with Crippen LogP contribution < -0.4 is 10.1 Å². The Morgan fingerprint density at radius 3 is 3.00 bits per heavy atom. The minimum atomic E-state index is -0.246. The van der Waals surface area contributed by atoms with Gasteiger partial charge in [0.25, 0.3) is 0 Å². The van der Waals surface area contributed by atoms with E-state index in [1.165, 1.54) is 12.1 Å². The summed E-state index contributed by atoms with van der Waals surface area (Å²) < 4.78 is 23.6. The number of nitrogens with zero attached hydrogens (tertiary/aromatic N) is 2. The molecule has 0 aliphatic heterocycles. The molecule has 4 aromatic rings. The van der Waals surface area contributed by atoms with Gasteiger partial charge in [0.2, 0.25) is 0 Å². The molecule has 7 heteroatoms. The van der Waals surface area contributed by atoms with E-state index >= 15 is 0 Å². The van der Waals surface area contributed by atoms with Crippen molar-refractivity contribution in [1.29, 1.82) is 0 Å². The second kappa shape index (κ2) is 5.69. The first-order chi connectivity index (χ1) is 11.3. The summed E-state index contributed by atoms with van der Waals surface area (Å²) in [5, 5.41) is 11.5. The number of aromatic nitrogens is 3. The Morgan fingerprint density at radius 2 is 2.04 bits per heavy atom. The van der Waals surface area contributed by atoms with Crippen molar-refractivity contribution in [3.05, 3.63) is 54.0 Å². The zero-order valence-corrected chi connectivity index (χ0v) is 12.0. The molecular weight excluding hydrogens is 299 g/mol. The highest BCUT2D eigenvalue weighted by Crippen LogP contribution is 2.20. The van der Waals surface area contributed by atoms with Crippen molar-refractivity contribution in [1.82, 2.24) is 20.6 Å². The molecule has 0 amide bonds. The quantitative estimate of drug-likeness (QED) is 0.438. The van der Waals surface area contributed by atoms with Gasteiger partial charge >= 0.3 is 0 Å². The third-order valence-corrected chi connectivity index (χ3v) is 3.61. The van der Waals surface area contributed by atoms with Crippen LogP contribution in [0.5, 0.6) is 5.75 Å². The van der Waals surface area contributed by atoms with E-state index in [4.69, 9.17) is 4.74 Å². The summed E-state index contributed by atoms with van der Waals surface area (Å²) in [7, 11) is 0. The Balaban J connectivity index is 1.38. The molecule has 2 heterocycles. The van der Waals surface area contributed by atoms with E-state index in [9.17, 15) is 4.39 Å². The smallest absolute Gasteiger partial charge is 0.139 e. The molecule has 2 aromatic heterocycles. The monoisotopic (exact) mass is 312 g/mol. The molecule has 0 bridgehead atoms. The lowest BCUT2D eigenvalue weighted by Gasteiger charge is -2.07. The molecule has 0 aliphatic rings. The maximum absolute atomic E-state index is 13.3. The van der Waals surface area contributed by atoms with Crippen LogP contribution in [-0.2, 0) is 6.54 Å². The first-order valence-electron chi connectivity index (χ1n) is 7.11. The van der Waals surface area contributed by atoms with Crippen LogP contribution in [0.2, 0.25) is 0 Å². The van der Waals surface area contributed by atoms with E-state index < -0.39 is 0 Å². The van der Waals surface area contributed by atoms with Gasteiger partial charge in [0.15, 0.2) is 0 Å². The minimum absolute atomic E-state index is 0.246. The number of halogens is 1. The summed E-state index contributed by atoms with van der Waals surface area (Å²) in [6.45, 7) is 0.885. The van der Waals surface area contributed by atoms with Crippen LogP contribution in [0, 0.1) is 5.82 Å². The van der Waals surface area contributed by atoms with E-state index in [-0.39, 0.29) is 5.82 Å². The number of H-pyrrole nitrogens is 1. The van der Waals surface area contributed by atoms with Gasteiger partial charge in [-0.1, -0.05) is 0 Å². The number of rotatable bonds is 5. The average Bonchev–Trinajstić information content (AvgIpc) is 3.17. The third-order valence-electron chi connectivity index (χ3n) is 3.61. The molecule has 0 spiro atoms. The second-order valence-electron chi connectivity index (χ2n) is 5.13. The largest absolute Gasteiger partial charge is 0.478 e. The fraction of sp³-hybridized carbons (Fsp3) is 0.125. The third kappa shape index (κ3) is 2.74. The number of fused-ring (bicyclic) bond motifs is 2. The molecule has 116 valence electrons. The van der Waals surface area contributed by atoms with Crippen LogP contribution >= 0.6 is 0 Å². The molecule has 0 unspecified atom stereocenters. The molecule has 6 nitrogen and oxygen atoms in total. The average molecular weight is 312 g/mol. The SMILES string of the molecule is Fc1ccc2[nH]cc(CNCOc3ccc4nonc4c3)c2c1. The van der Waals surface area contributed by atoms with Crippen LogP contribution in [0.3, 0.4) is 0 Å². The molecule has 0 aliphatic carbocycles. The molecule has 0 fully saturated rings.